The normalized spacial score (nSPS) is 24.9. The maximum atomic E-state index is 12.9. The van der Waals surface area contributed by atoms with Crippen LogP contribution in [-0.2, 0) is 4.79 Å². The van der Waals surface area contributed by atoms with Gasteiger partial charge < -0.3 is 14.6 Å². The number of benzene rings is 1. The number of hydrogen-bond acceptors (Lipinski definition) is 3. The van der Waals surface area contributed by atoms with Crippen molar-refractivity contribution in [3.63, 3.8) is 0 Å². The molecule has 0 radical (unpaired) electrons. The average molecular weight is 312 g/mol. The first-order valence-electron chi connectivity index (χ1n) is 8.31. The van der Waals surface area contributed by atoms with Crippen LogP contribution in [0.1, 0.15) is 42.7 Å². The van der Waals surface area contributed by atoms with E-state index in [2.05, 4.69) is 5.32 Å². The fraction of sp³-hybridized carbons (Fsp3) is 0.444. The zero-order chi connectivity index (χ0) is 15.8. The molecule has 5 heteroatoms. The van der Waals surface area contributed by atoms with Crippen molar-refractivity contribution in [1.29, 1.82) is 0 Å². The predicted molar refractivity (Wildman–Crippen MR) is 86.1 cm³/mol. The van der Waals surface area contributed by atoms with Gasteiger partial charge >= 0.3 is 0 Å². The summed E-state index contributed by atoms with van der Waals surface area (Å²) in [7, 11) is 0. The highest BCUT2D eigenvalue weighted by atomic mass is 16.3. The van der Waals surface area contributed by atoms with Gasteiger partial charge in [-0.15, -0.1) is 0 Å². The van der Waals surface area contributed by atoms with Gasteiger partial charge in [-0.25, -0.2) is 0 Å². The molecule has 1 aromatic carbocycles. The van der Waals surface area contributed by atoms with Crippen LogP contribution < -0.4 is 5.32 Å². The van der Waals surface area contributed by atoms with Gasteiger partial charge in [-0.1, -0.05) is 24.6 Å². The summed E-state index contributed by atoms with van der Waals surface area (Å²) >= 11 is 0. The summed E-state index contributed by atoms with van der Waals surface area (Å²) in [6.45, 7) is 0.672. The van der Waals surface area contributed by atoms with Crippen LogP contribution in [0.3, 0.4) is 0 Å². The number of nitrogens with zero attached hydrogens (tertiary/aromatic N) is 1. The number of fused-ring (bicyclic) bond motifs is 2. The molecule has 5 nitrogen and oxygen atoms in total. The maximum absolute atomic E-state index is 12.9. The van der Waals surface area contributed by atoms with Crippen molar-refractivity contribution in [3.05, 3.63) is 36.1 Å². The Morgan fingerprint density at radius 3 is 2.96 bits per heavy atom. The minimum Gasteiger partial charge on any atom is -0.451 e. The number of carbonyl (C=O) groups is 2. The van der Waals surface area contributed by atoms with E-state index >= 15 is 0 Å². The highest BCUT2D eigenvalue weighted by Crippen LogP contribution is 2.28. The van der Waals surface area contributed by atoms with Gasteiger partial charge in [0.1, 0.15) is 5.58 Å². The van der Waals surface area contributed by atoms with Crippen LogP contribution in [0.25, 0.3) is 11.0 Å². The van der Waals surface area contributed by atoms with Crippen LogP contribution in [0, 0.1) is 0 Å². The Balaban J connectivity index is 1.59. The molecule has 2 amide bonds. The van der Waals surface area contributed by atoms with E-state index in [0.29, 0.717) is 18.7 Å². The number of furan rings is 1. The van der Waals surface area contributed by atoms with E-state index in [1.165, 1.54) is 0 Å². The highest BCUT2D eigenvalue weighted by Gasteiger charge is 2.39. The molecule has 2 aliphatic heterocycles. The molecular weight excluding hydrogens is 292 g/mol. The van der Waals surface area contributed by atoms with Gasteiger partial charge in [0.25, 0.3) is 5.91 Å². The first kappa shape index (κ1) is 14.3. The van der Waals surface area contributed by atoms with Crippen LogP contribution in [0.15, 0.2) is 34.7 Å². The molecule has 2 aromatic rings. The second-order valence-corrected chi connectivity index (χ2v) is 6.42. The monoisotopic (exact) mass is 312 g/mol. The van der Waals surface area contributed by atoms with E-state index in [0.717, 1.165) is 36.7 Å². The standard InChI is InChI=1S/C18H20N2O3/c21-17-8-4-2-6-14-13(19-17)9-10-20(14)18(22)16-11-12-5-1-3-7-15(12)23-16/h1,3,5,7,11,13-14H,2,4,6,8-10H2,(H,19,21)/t13-,14+/m0/s1. The first-order valence-corrected chi connectivity index (χ1v) is 8.31. The lowest BCUT2D eigenvalue weighted by molar-refractivity contribution is -0.122. The highest BCUT2D eigenvalue weighted by molar-refractivity contribution is 5.96. The van der Waals surface area contributed by atoms with Crippen LogP contribution in [-0.4, -0.2) is 35.3 Å². The van der Waals surface area contributed by atoms with Crippen molar-refractivity contribution in [3.8, 4) is 0 Å². The number of para-hydroxylation sites is 1. The number of carbonyl (C=O) groups excluding carboxylic acids is 2. The largest absolute Gasteiger partial charge is 0.451 e. The fourth-order valence-electron chi connectivity index (χ4n) is 3.78. The van der Waals surface area contributed by atoms with Gasteiger partial charge in [0.2, 0.25) is 5.91 Å². The lowest BCUT2D eigenvalue weighted by Gasteiger charge is -2.29. The summed E-state index contributed by atoms with van der Waals surface area (Å²) in [6, 6.07) is 9.62. The zero-order valence-electron chi connectivity index (χ0n) is 13.0. The number of nitrogens with one attached hydrogen (secondary N) is 1. The molecular formula is C18H20N2O3. The smallest absolute Gasteiger partial charge is 0.289 e. The lowest BCUT2D eigenvalue weighted by atomic mass is 9.98. The molecule has 0 bridgehead atoms. The van der Waals surface area contributed by atoms with Gasteiger partial charge in [-0.05, 0) is 31.4 Å². The number of amides is 2. The average Bonchev–Trinajstić information content (AvgIpc) is 3.13. The Hall–Kier alpha value is -2.30. The second kappa shape index (κ2) is 5.72. The van der Waals surface area contributed by atoms with Crippen molar-refractivity contribution in [2.24, 2.45) is 0 Å². The van der Waals surface area contributed by atoms with E-state index in [1.54, 1.807) is 0 Å². The Kier molecular flexibility index (Phi) is 3.56. The summed E-state index contributed by atoms with van der Waals surface area (Å²) < 4.78 is 5.72. The topological polar surface area (TPSA) is 62.6 Å². The van der Waals surface area contributed by atoms with Crippen LogP contribution in [0.5, 0.6) is 0 Å². The summed E-state index contributed by atoms with van der Waals surface area (Å²) in [5.41, 5.74) is 0.734. The van der Waals surface area contributed by atoms with Crippen LogP contribution >= 0.6 is 0 Å². The molecule has 0 aliphatic carbocycles. The molecule has 1 N–H and O–H groups in total. The Morgan fingerprint density at radius 2 is 2.09 bits per heavy atom. The minimum absolute atomic E-state index is 0.0662. The summed E-state index contributed by atoms with van der Waals surface area (Å²) in [6.07, 6.45) is 4.24. The molecule has 0 saturated carbocycles. The molecule has 2 atom stereocenters. The van der Waals surface area contributed by atoms with Crippen molar-refractivity contribution < 1.29 is 14.0 Å². The van der Waals surface area contributed by atoms with Gasteiger partial charge in [0.15, 0.2) is 5.76 Å². The minimum atomic E-state index is -0.0662. The molecule has 2 saturated heterocycles. The predicted octanol–water partition coefficient (Wildman–Crippen LogP) is 2.71. The molecule has 0 spiro atoms. The molecule has 4 rings (SSSR count). The van der Waals surface area contributed by atoms with Gasteiger partial charge in [-0.2, -0.15) is 0 Å². The van der Waals surface area contributed by atoms with E-state index in [1.807, 2.05) is 35.2 Å². The van der Waals surface area contributed by atoms with Crippen LogP contribution in [0.2, 0.25) is 0 Å². The molecule has 120 valence electrons. The second-order valence-electron chi connectivity index (χ2n) is 6.42. The molecule has 3 heterocycles. The molecule has 1 aromatic heterocycles. The number of likely N-dealkylation sites (tertiary alicyclic amines) is 1. The van der Waals surface area contributed by atoms with E-state index < -0.39 is 0 Å². The van der Waals surface area contributed by atoms with Crippen molar-refractivity contribution in [2.75, 3.05) is 6.54 Å². The van der Waals surface area contributed by atoms with Gasteiger partial charge in [-0.3, -0.25) is 9.59 Å². The fourth-order valence-corrected chi connectivity index (χ4v) is 3.78. The SMILES string of the molecule is O=C1CCCC[C@@H]2[C@H](CCN2C(=O)c2cc3ccccc3o2)N1. The van der Waals surface area contributed by atoms with Crippen LogP contribution in [0.4, 0.5) is 0 Å². The third-order valence-electron chi connectivity index (χ3n) is 4.94. The zero-order valence-corrected chi connectivity index (χ0v) is 13.0. The summed E-state index contributed by atoms with van der Waals surface area (Å²) in [5, 5.41) is 4.02. The maximum Gasteiger partial charge on any atom is 0.289 e. The Bertz CT molecular complexity index is 719. The number of hydrogen-bond donors (Lipinski definition) is 1. The van der Waals surface area contributed by atoms with E-state index in [9.17, 15) is 9.59 Å². The third kappa shape index (κ3) is 2.60. The van der Waals surface area contributed by atoms with Gasteiger partial charge in [0, 0.05) is 18.4 Å². The first-order chi connectivity index (χ1) is 11.2. The quantitative estimate of drug-likeness (QED) is 0.880. The molecule has 23 heavy (non-hydrogen) atoms. The molecule has 2 aliphatic rings. The van der Waals surface area contributed by atoms with Crippen molar-refractivity contribution in [2.45, 2.75) is 44.2 Å². The van der Waals surface area contributed by atoms with E-state index in [4.69, 9.17) is 4.42 Å². The van der Waals surface area contributed by atoms with Gasteiger partial charge in [0.05, 0.1) is 12.1 Å². The Labute approximate surface area is 134 Å². The molecule has 0 unspecified atom stereocenters. The lowest BCUT2D eigenvalue weighted by Crippen LogP contribution is -2.47. The van der Waals surface area contributed by atoms with E-state index in [-0.39, 0.29) is 23.9 Å². The number of rotatable bonds is 1. The van der Waals surface area contributed by atoms with Crippen molar-refractivity contribution >= 4 is 22.8 Å². The summed E-state index contributed by atoms with van der Waals surface area (Å²) in [4.78, 5) is 26.6. The molecule has 2 fully saturated rings. The van der Waals surface area contributed by atoms with Crippen molar-refractivity contribution in [1.82, 2.24) is 10.2 Å². The summed E-state index contributed by atoms with van der Waals surface area (Å²) in [5.74, 6) is 0.432. The third-order valence-corrected chi connectivity index (χ3v) is 4.94. The Morgan fingerprint density at radius 1 is 1.22 bits per heavy atom.